The molecule has 0 aliphatic carbocycles. The number of benzene rings is 5. The van der Waals surface area contributed by atoms with E-state index in [1.807, 2.05) is 36.4 Å². The minimum absolute atomic E-state index is 0.0228. The number of hydrogen-bond donors (Lipinski definition) is 3. The maximum absolute atomic E-state index is 13.4. The van der Waals surface area contributed by atoms with E-state index in [9.17, 15) is 14.4 Å². The van der Waals surface area contributed by atoms with E-state index in [0.29, 0.717) is 33.3 Å². The molecule has 5 aromatic rings. The second-order valence-electron chi connectivity index (χ2n) is 9.66. The lowest BCUT2D eigenvalue weighted by Gasteiger charge is -2.12. The van der Waals surface area contributed by atoms with Crippen LogP contribution in [0.4, 0.5) is 11.4 Å². The van der Waals surface area contributed by atoms with Gasteiger partial charge in [0.2, 0.25) is 5.91 Å². The lowest BCUT2D eigenvalue weighted by atomic mass is 10.1. The summed E-state index contributed by atoms with van der Waals surface area (Å²) in [6.07, 6.45) is 1.53. The van der Waals surface area contributed by atoms with Crippen LogP contribution in [0.15, 0.2) is 144 Å². The van der Waals surface area contributed by atoms with Crippen LogP contribution in [0.1, 0.15) is 15.9 Å². The molecule has 9 heteroatoms. The van der Waals surface area contributed by atoms with E-state index in [0.717, 1.165) is 10.6 Å². The molecule has 0 saturated heterocycles. The van der Waals surface area contributed by atoms with Crippen molar-refractivity contribution >= 4 is 58.5 Å². The molecule has 0 radical (unpaired) electrons. The van der Waals surface area contributed by atoms with Gasteiger partial charge >= 0.3 is 0 Å². The molecule has 3 amide bonds. The summed E-state index contributed by atoms with van der Waals surface area (Å²) in [6, 6.07) is 39.3. The number of ether oxygens (including phenoxy) is 1. The first-order chi connectivity index (χ1) is 21.9. The zero-order chi connectivity index (χ0) is 31.4. The van der Waals surface area contributed by atoms with Gasteiger partial charge in [-0.25, -0.2) is 0 Å². The Kier molecular flexibility index (Phi) is 10.7. The van der Waals surface area contributed by atoms with Crippen molar-refractivity contribution in [1.29, 1.82) is 0 Å². The molecule has 5 rings (SSSR count). The number of rotatable bonds is 11. The lowest BCUT2D eigenvalue weighted by Crippen LogP contribution is -2.30. The fourth-order valence-corrected chi connectivity index (χ4v) is 5.07. The molecular formula is C36H28ClN3O4S. The van der Waals surface area contributed by atoms with Crippen LogP contribution >= 0.6 is 23.4 Å². The van der Waals surface area contributed by atoms with Gasteiger partial charge in [-0.3, -0.25) is 14.4 Å². The van der Waals surface area contributed by atoms with Crippen molar-refractivity contribution in [3.8, 4) is 11.5 Å². The predicted octanol–water partition coefficient (Wildman–Crippen LogP) is 8.27. The minimum Gasteiger partial charge on any atom is -0.457 e. The van der Waals surface area contributed by atoms with Crippen LogP contribution in [0.25, 0.3) is 6.08 Å². The largest absolute Gasteiger partial charge is 0.457 e. The molecule has 0 fully saturated rings. The Balaban J connectivity index is 1.20. The molecule has 0 heterocycles. The molecule has 5 aromatic carbocycles. The first kappa shape index (κ1) is 31.1. The normalized spacial score (nSPS) is 10.9. The molecule has 0 aromatic heterocycles. The molecule has 224 valence electrons. The quantitative estimate of drug-likeness (QED) is 0.100. The molecule has 45 heavy (non-hydrogen) atoms. The monoisotopic (exact) mass is 633 g/mol. The van der Waals surface area contributed by atoms with E-state index in [2.05, 4.69) is 16.0 Å². The van der Waals surface area contributed by atoms with E-state index in [1.54, 1.807) is 97.1 Å². The van der Waals surface area contributed by atoms with Crippen LogP contribution < -0.4 is 20.7 Å². The van der Waals surface area contributed by atoms with E-state index in [-0.39, 0.29) is 17.4 Å². The summed E-state index contributed by atoms with van der Waals surface area (Å²) in [6.45, 7) is 0. The van der Waals surface area contributed by atoms with Crippen LogP contribution in [-0.4, -0.2) is 23.5 Å². The highest BCUT2D eigenvalue weighted by Crippen LogP contribution is 2.25. The summed E-state index contributed by atoms with van der Waals surface area (Å²) in [7, 11) is 0. The number of carbonyl (C=O) groups excluding carboxylic acids is 3. The highest BCUT2D eigenvalue weighted by atomic mass is 35.5. The second kappa shape index (κ2) is 15.4. The Hall–Kier alpha value is -5.31. The highest BCUT2D eigenvalue weighted by molar-refractivity contribution is 8.00. The van der Waals surface area contributed by atoms with Crippen LogP contribution in [0.3, 0.4) is 0 Å². The van der Waals surface area contributed by atoms with Crippen molar-refractivity contribution in [2.45, 2.75) is 4.90 Å². The lowest BCUT2D eigenvalue weighted by molar-refractivity contribution is -0.114. The van der Waals surface area contributed by atoms with Gasteiger partial charge in [-0.2, -0.15) is 0 Å². The third kappa shape index (κ3) is 9.34. The fraction of sp³-hybridized carbons (Fsp3) is 0.0278. The van der Waals surface area contributed by atoms with Crippen LogP contribution in [0.5, 0.6) is 11.5 Å². The zero-order valence-electron chi connectivity index (χ0n) is 23.9. The van der Waals surface area contributed by atoms with Crippen molar-refractivity contribution in [3.05, 3.63) is 155 Å². The van der Waals surface area contributed by atoms with Crippen LogP contribution in [0, 0.1) is 0 Å². The average molecular weight is 634 g/mol. The number of carbonyl (C=O) groups is 3. The van der Waals surface area contributed by atoms with Crippen molar-refractivity contribution in [2.75, 3.05) is 16.4 Å². The summed E-state index contributed by atoms with van der Waals surface area (Å²) in [4.78, 5) is 39.7. The van der Waals surface area contributed by atoms with E-state index in [4.69, 9.17) is 16.3 Å². The first-order valence-electron chi connectivity index (χ1n) is 13.9. The number of halogens is 1. The number of para-hydroxylation sites is 1. The Morgan fingerprint density at radius 2 is 1.36 bits per heavy atom. The maximum atomic E-state index is 13.4. The Labute approximate surface area is 270 Å². The molecule has 0 saturated carbocycles. The van der Waals surface area contributed by atoms with Gasteiger partial charge in [-0.1, -0.05) is 72.3 Å². The highest BCUT2D eigenvalue weighted by Gasteiger charge is 2.16. The molecule has 0 spiro atoms. The topological polar surface area (TPSA) is 96.5 Å². The maximum Gasteiger partial charge on any atom is 0.272 e. The first-order valence-corrected chi connectivity index (χ1v) is 15.3. The van der Waals surface area contributed by atoms with Crippen molar-refractivity contribution < 1.29 is 19.1 Å². The smallest absolute Gasteiger partial charge is 0.272 e. The van der Waals surface area contributed by atoms with Crippen LogP contribution in [-0.2, 0) is 9.59 Å². The third-order valence-electron chi connectivity index (χ3n) is 6.31. The molecule has 3 N–H and O–H groups in total. The number of nitrogens with one attached hydrogen (secondary N) is 3. The van der Waals surface area contributed by atoms with Gasteiger partial charge in [0, 0.05) is 26.9 Å². The summed E-state index contributed by atoms with van der Waals surface area (Å²) in [5, 5.41) is 8.86. The summed E-state index contributed by atoms with van der Waals surface area (Å²) < 4.78 is 5.79. The average Bonchev–Trinajstić information content (AvgIpc) is 3.06. The molecule has 0 atom stereocenters. The third-order valence-corrected chi connectivity index (χ3v) is 7.65. The number of thioether (sulfide) groups is 1. The Bertz CT molecular complexity index is 1810. The van der Waals surface area contributed by atoms with Crippen molar-refractivity contribution in [2.24, 2.45) is 0 Å². The summed E-state index contributed by atoms with van der Waals surface area (Å²) in [5.74, 6) is 0.409. The van der Waals surface area contributed by atoms with Crippen molar-refractivity contribution in [3.63, 3.8) is 0 Å². The summed E-state index contributed by atoms with van der Waals surface area (Å²) in [5.41, 5.74) is 2.15. The zero-order valence-corrected chi connectivity index (χ0v) is 25.5. The molecular weight excluding hydrogens is 606 g/mol. The van der Waals surface area contributed by atoms with E-state index in [1.165, 1.54) is 17.8 Å². The standard InChI is InChI=1S/C36H28ClN3O4S/c37-32-17-8-7-12-26(32)22-33(40-35(42)25-10-3-1-4-11-25)36(43)39-28-13-9-16-31(23-28)45-24-34(41)38-27-18-20-30(21-19-27)44-29-14-5-2-6-15-29/h1-23H,24H2,(H,38,41)(H,39,43)(H,40,42)/b33-22+. The van der Waals surface area contributed by atoms with Gasteiger partial charge in [0.15, 0.2) is 0 Å². The van der Waals surface area contributed by atoms with Gasteiger partial charge in [-0.15, -0.1) is 11.8 Å². The van der Waals surface area contributed by atoms with Gasteiger partial charge in [0.1, 0.15) is 17.2 Å². The molecule has 0 bridgehead atoms. The number of amides is 3. The van der Waals surface area contributed by atoms with Crippen LogP contribution in [0.2, 0.25) is 5.02 Å². The van der Waals surface area contributed by atoms with Gasteiger partial charge in [0.05, 0.1) is 5.75 Å². The molecule has 7 nitrogen and oxygen atoms in total. The number of anilines is 2. The van der Waals surface area contributed by atoms with Gasteiger partial charge in [-0.05, 0) is 84.4 Å². The second-order valence-corrected chi connectivity index (χ2v) is 11.1. The Morgan fingerprint density at radius 1 is 0.689 bits per heavy atom. The van der Waals surface area contributed by atoms with E-state index >= 15 is 0 Å². The van der Waals surface area contributed by atoms with Gasteiger partial charge < -0.3 is 20.7 Å². The Morgan fingerprint density at radius 3 is 2.09 bits per heavy atom. The molecule has 0 unspecified atom stereocenters. The predicted molar refractivity (Wildman–Crippen MR) is 181 cm³/mol. The molecule has 0 aliphatic heterocycles. The number of hydrogen-bond acceptors (Lipinski definition) is 5. The fourth-order valence-electron chi connectivity index (χ4n) is 4.13. The summed E-state index contributed by atoms with van der Waals surface area (Å²) >= 11 is 7.65. The van der Waals surface area contributed by atoms with Gasteiger partial charge in [0.25, 0.3) is 11.8 Å². The minimum atomic E-state index is -0.529. The van der Waals surface area contributed by atoms with Crippen molar-refractivity contribution in [1.82, 2.24) is 5.32 Å². The SMILES string of the molecule is O=C(CSc1cccc(NC(=O)/C(=C\c2ccccc2Cl)NC(=O)c2ccccc2)c1)Nc1ccc(Oc2ccccc2)cc1. The molecule has 0 aliphatic rings. The van der Waals surface area contributed by atoms with E-state index < -0.39 is 11.8 Å².